The first-order chi connectivity index (χ1) is 11.2. The van der Waals surface area contributed by atoms with Crippen LogP contribution in [-0.4, -0.2) is 13.0 Å². The van der Waals surface area contributed by atoms with Gasteiger partial charge in [0.1, 0.15) is 0 Å². The maximum absolute atomic E-state index is 13.8. The minimum atomic E-state index is -0.552. The number of hydrogen-bond acceptors (Lipinski definition) is 4. The molecule has 0 bridgehead atoms. The van der Waals surface area contributed by atoms with Crippen LogP contribution in [0.25, 0.3) is 0 Å². The summed E-state index contributed by atoms with van der Waals surface area (Å²) in [5.41, 5.74) is 1.28. The Bertz CT molecular complexity index is 751. The number of amides is 1. The topological polar surface area (TPSA) is 38.3 Å². The van der Waals surface area contributed by atoms with E-state index in [1.807, 2.05) is 34.3 Å². The average molecular weight is 347 g/mol. The molecule has 6 heteroatoms. The van der Waals surface area contributed by atoms with Crippen molar-refractivity contribution < 1.29 is 13.9 Å². The first-order valence-corrected chi connectivity index (χ1v) is 8.71. The molecule has 1 N–H and O–H groups in total. The fraction of sp³-hybridized carbons (Fsp3) is 0.118. The van der Waals surface area contributed by atoms with E-state index in [0.29, 0.717) is 0 Å². The highest BCUT2D eigenvalue weighted by molar-refractivity contribution is 7.10. The second-order valence-corrected chi connectivity index (χ2v) is 6.59. The lowest BCUT2D eigenvalue weighted by molar-refractivity contribution is 0.0943. The van der Waals surface area contributed by atoms with Gasteiger partial charge in [-0.25, -0.2) is 4.39 Å². The zero-order chi connectivity index (χ0) is 16.2. The molecule has 0 fully saturated rings. The molecule has 0 radical (unpaired) electrons. The third-order valence-electron chi connectivity index (χ3n) is 3.39. The lowest BCUT2D eigenvalue weighted by Gasteiger charge is -2.17. The second-order valence-electron chi connectivity index (χ2n) is 4.83. The third kappa shape index (κ3) is 3.43. The van der Waals surface area contributed by atoms with Crippen LogP contribution in [-0.2, 0) is 0 Å². The Kier molecular flexibility index (Phi) is 4.73. The highest BCUT2D eigenvalue weighted by Gasteiger charge is 2.20. The van der Waals surface area contributed by atoms with Crippen molar-refractivity contribution >= 4 is 28.6 Å². The van der Waals surface area contributed by atoms with Crippen LogP contribution in [0, 0.1) is 5.82 Å². The van der Waals surface area contributed by atoms with E-state index < -0.39 is 5.82 Å². The smallest absolute Gasteiger partial charge is 0.252 e. The highest BCUT2D eigenvalue weighted by Crippen LogP contribution is 2.28. The lowest BCUT2D eigenvalue weighted by Crippen LogP contribution is -2.28. The van der Waals surface area contributed by atoms with E-state index in [2.05, 4.69) is 5.32 Å². The van der Waals surface area contributed by atoms with E-state index in [9.17, 15) is 9.18 Å². The molecule has 1 aromatic carbocycles. The van der Waals surface area contributed by atoms with Crippen molar-refractivity contribution in [3.8, 4) is 5.75 Å². The molecule has 1 amide bonds. The molecule has 3 nitrogen and oxygen atoms in total. The van der Waals surface area contributed by atoms with Crippen molar-refractivity contribution in [3.63, 3.8) is 0 Å². The van der Waals surface area contributed by atoms with Crippen molar-refractivity contribution in [2.45, 2.75) is 6.04 Å². The molecule has 0 saturated heterocycles. The number of benzene rings is 1. The minimum absolute atomic E-state index is 0.120. The number of carbonyl (C=O) groups is 1. The number of hydrogen-bond donors (Lipinski definition) is 1. The quantitative estimate of drug-likeness (QED) is 0.739. The summed E-state index contributed by atoms with van der Waals surface area (Å²) >= 11 is 3.14. The summed E-state index contributed by atoms with van der Waals surface area (Å²) in [5.74, 6) is -0.756. The van der Waals surface area contributed by atoms with E-state index >= 15 is 0 Å². The van der Waals surface area contributed by atoms with E-state index in [-0.39, 0.29) is 23.3 Å². The molecule has 0 aliphatic heterocycles. The van der Waals surface area contributed by atoms with Crippen LogP contribution in [0.5, 0.6) is 5.75 Å². The van der Waals surface area contributed by atoms with E-state index in [1.165, 1.54) is 19.2 Å². The van der Waals surface area contributed by atoms with Crippen LogP contribution in [0.3, 0.4) is 0 Å². The first kappa shape index (κ1) is 15.7. The molecule has 1 atom stereocenters. The van der Waals surface area contributed by atoms with Crippen molar-refractivity contribution in [2.75, 3.05) is 7.11 Å². The summed E-state index contributed by atoms with van der Waals surface area (Å²) in [6.45, 7) is 0. The number of thiophene rings is 2. The molecule has 0 saturated carbocycles. The Balaban J connectivity index is 1.85. The normalized spacial score (nSPS) is 11.9. The van der Waals surface area contributed by atoms with Crippen LogP contribution in [0.2, 0.25) is 0 Å². The monoisotopic (exact) mass is 347 g/mol. The van der Waals surface area contributed by atoms with Gasteiger partial charge in [0, 0.05) is 10.4 Å². The summed E-state index contributed by atoms with van der Waals surface area (Å²) in [6, 6.07) is 9.85. The Morgan fingerprint density at radius 3 is 2.74 bits per heavy atom. The number of methoxy groups -OCH3 is 1. The van der Waals surface area contributed by atoms with Gasteiger partial charge >= 0.3 is 0 Å². The van der Waals surface area contributed by atoms with Crippen LogP contribution < -0.4 is 10.1 Å². The molecule has 0 spiro atoms. The van der Waals surface area contributed by atoms with E-state index in [0.717, 1.165) is 10.4 Å². The standard InChI is InChI=1S/C17H14FNO2S2/c1-21-14-5-4-11(9-13(14)18)17(20)19-16(12-6-8-22-10-12)15-3-2-7-23-15/h2-10,16H,1H3,(H,19,20)/t16-/m0/s1. The number of nitrogens with one attached hydrogen (secondary N) is 1. The van der Waals surface area contributed by atoms with Crippen molar-refractivity contribution in [2.24, 2.45) is 0 Å². The third-order valence-corrected chi connectivity index (χ3v) is 5.03. The van der Waals surface area contributed by atoms with Gasteiger partial charge in [-0.05, 0) is 52.0 Å². The summed E-state index contributed by atoms with van der Waals surface area (Å²) in [7, 11) is 1.39. The molecule has 3 rings (SSSR count). The van der Waals surface area contributed by atoms with Crippen molar-refractivity contribution in [1.82, 2.24) is 5.32 Å². The van der Waals surface area contributed by atoms with Gasteiger partial charge < -0.3 is 10.1 Å². The minimum Gasteiger partial charge on any atom is -0.494 e. The predicted octanol–water partition coefficient (Wildman–Crippen LogP) is 4.48. The Morgan fingerprint density at radius 1 is 1.26 bits per heavy atom. The summed E-state index contributed by atoms with van der Waals surface area (Å²) in [5, 5.41) is 8.91. The number of rotatable bonds is 5. The van der Waals surface area contributed by atoms with Gasteiger partial charge in [-0.2, -0.15) is 11.3 Å². The molecule has 0 unspecified atom stereocenters. The molecule has 0 aliphatic carbocycles. The van der Waals surface area contributed by atoms with Crippen LogP contribution in [0.15, 0.2) is 52.5 Å². The highest BCUT2D eigenvalue weighted by atomic mass is 32.1. The Morgan fingerprint density at radius 2 is 2.13 bits per heavy atom. The zero-order valence-corrected chi connectivity index (χ0v) is 13.9. The molecule has 0 aliphatic rings. The molecule has 3 aromatic rings. The molecule has 2 heterocycles. The number of carbonyl (C=O) groups excluding carboxylic acids is 1. The van der Waals surface area contributed by atoms with Gasteiger partial charge in [-0.1, -0.05) is 6.07 Å². The number of halogens is 1. The fourth-order valence-corrected chi connectivity index (χ4v) is 3.72. The summed E-state index contributed by atoms with van der Waals surface area (Å²) in [4.78, 5) is 13.5. The second kappa shape index (κ2) is 6.93. The average Bonchev–Trinajstić information content (AvgIpc) is 3.25. The van der Waals surface area contributed by atoms with E-state index in [1.54, 1.807) is 28.7 Å². The zero-order valence-electron chi connectivity index (χ0n) is 12.3. The molecule has 23 heavy (non-hydrogen) atoms. The van der Waals surface area contributed by atoms with Gasteiger partial charge in [0.2, 0.25) is 0 Å². The maximum atomic E-state index is 13.8. The van der Waals surface area contributed by atoms with E-state index in [4.69, 9.17) is 4.74 Å². The van der Waals surface area contributed by atoms with Gasteiger partial charge in [-0.3, -0.25) is 4.79 Å². The van der Waals surface area contributed by atoms with Crippen LogP contribution >= 0.6 is 22.7 Å². The Labute approximate surface area is 141 Å². The van der Waals surface area contributed by atoms with Crippen molar-refractivity contribution in [3.05, 3.63) is 74.4 Å². The van der Waals surface area contributed by atoms with Crippen LogP contribution in [0.1, 0.15) is 26.8 Å². The van der Waals surface area contributed by atoms with Crippen molar-refractivity contribution in [1.29, 1.82) is 0 Å². The van der Waals surface area contributed by atoms with Gasteiger partial charge in [-0.15, -0.1) is 11.3 Å². The summed E-state index contributed by atoms with van der Waals surface area (Å²) < 4.78 is 18.7. The lowest BCUT2D eigenvalue weighted by atomic mass is 10.1. The van der Waals surface area contributed by atoms with Gasteiger partial charge in [0.25, 0.3) is 5.91 Å². The number of ether oxygens (including phenoxy) is 1. The molecule has 2 aromatic heterocycles. The molecular weight excluding hydrogens is 333 g/mol. The molecular formula is C17H14FNO2S2. The Hall–Kier alpha value is -2.18. The SMILES string of the molecule is COc1ccc(C(=O)N[C@@H](c2ccsc2)c2cccs2)cc1F. The predicted molar refractivity (Wildman–Crippen MR) is 90.9 cm³/mol. The molecule has 118 valence electrons. The fourth-order valence-electron chi connectivity index (χ4n) is 2.24. The van der Waals surface area contributed by atoms with Gasteiger partial charge in [0.15, 0.2) is 11.6 Å². The van der Waals surface area contributed by atoms with Crippen LogP contribution in [0.4, 0.5) is 4.39 Å². The maximum Gasteiger partial charge on any atom is 0.252 e. The van der Waals surface area contributed by atoms with Gasteiger partial charge in [0.05, 0.1) is 13.2 Å². The first-order valence-electron chi connectivity index (χ1n) is 6.89. The summed E-state index contributed by atoms with van der Waals surface area (Å²) in [6.07, 6.45) is 0. The largest absolute Gasteiger partial charge is 0.494 e.